The Bertz CT molecular complexity index is 1450. The van der Waals surface area contributed by atoms with E-state index in [0.29, 0.717) is 11.2 Å². The number of aryl methyl sites for hydroxylation is 2. The van der Waals surface area contributed by atoms with E-state index in [-0.39, 0.29) is 5.56 Å². The predicted molar refractivity (Wildman–Crippen MR) is 116 cm³/mol. The zero-order valence-corrected chi connectivity index (χ0v) is 17.9. The zero-order chi connectivity index (χ0) is 23.2. The van der Waals surface area contributed by atoms with Crippen LogP contribution in [0.25, 0.3) is 16.7 Å². The second-order valence-electron chi connectivity index (χ2n) is 7.25. The molecule has 0 radical (unpaired) electrons. The minimum Gasteiger partial charge on any atom is -0.329 e. The standard InChI is InChI=1S/C22H18ClF3N4O2/c1-3-28-13(2)27-17-11-15(7-8-18(17)28)29-10-9-19(31)30(21(29)32)12-14-5-4-6-16(20(14)23)22(24,25)26/h4-11H,3,12H2,1-2H3. The molecule has 0 aliphatic rings. The van der Waals surface area contributed by atoms with Crippen molar-refractivity contribution in [3.63, 3.8) is 0 Å². The van der Waals surface area contributed by atoms with Crippen LogP contribution in [0.2, 0.25) is 5.02 Å². The van der Waals surface area contributed by atoms with Gasteiger partial charge in [-0.3, -0.25) is 13.9 Å². The number of imidazole rings is 1. The fraction of sp³-hybridized carbons (Fsp3) is 0.227. The summed E-state index contributed by atoms with van der Waals surface area (Å²) in [5, 5.41) is -0.538. The van der Waals surface area contributed by atoms with Crippen LogP contribution in [0.3, 0.4) is 0 Å². The number of nitrogens with zero attached hydrogens (tertiary/aromatic N) is 4. The highest BCUT2D eigenvalue weighted by atomic mass is 35.5. The number of hydrogen-bond donors (Lipinski definition) is 0. The Morgan fingerprint density at radius 3 is 2.50 bits per heavy atom. The Morgan fingerprint density at radius 2 is 1.81 bits per heavy atom. The average Bonchev–Trinajstić information content (AvgIpc) is 3.05. The lowest BCUT2D eigenvalue weighted by Gasteiger charge is -2.14. The first-order valence-corrected chi connectivity index (χ1v) is 10.1. The van der Waals surface area contributed by atoms with Gasteiger partial charge in [-0.2, -0.15) is 13.2 Å². The molecule has 4 rings (SSSR count). The van der Waals surface area contributed by atoms with Crippen LogP contribution in [-0.4, -0.2) is 18.7 Å². The normalized spacial score (nSPS) is 11.9. The summed E-state index contributed by atoms with van der Waals surface area (Å²) < 4.78 is 43.6. The van der Waals surface area contributed by atoms with Gasteiger partial charge in [-0.05, 0) is 43.7 Å². The van der Waals surface area contributed by atoms with Crippen molar-refractivity contribution in [2.45, 2.75) is 33.1 Å². The number of hydrogen-bond acceptors (Lipinski definition) is 3. The Balaban J connectivity index is 1.81. The van der Waals surface area contributed by atoms with E-state index in [4.69, 9.17) is 11.6 Å². The van der Waals surface area contributed by atoms with Crippen LogP contribution in [-0.2, 0) is 19.3 Å². The molecule has 166 valence electrons. The fourth-order valence-electron chi connectivity index (χ4n) is 3.74. The van der Waals surface area contributed by atoms with Crippen LogP contribution in [0.5, 0.6) is 0 Å². The van der Waals surface area contributed by atoms with Crippen molar-refractivity contribution in [2.75, 3.05) is 0 Å². The van der Waals surface area contributed by atoms with Crippen LogP contribution in [0.4, 0.5) is 13.2 Å². The fourth-order valence-corrected chi connectivity index (χ4v) is 4.03. The summed E-state index contributed by atoms with van der Waals surface area (Å²) in [4.78, 5) is 30.0. The third-order valence-corrected chi connectivity index (χ3v) is 5.75. The third kappa shape index (κ3) is 3.73. The highest BCUT2D eigenvalue weighted by Crippen LogP contribution is 2.36. The second kappa shape index (κ2) is 7.98. The lowest BCUT2D eigenvalue weighted by Crippen LogP contribution is -2.38. The number of aromatic nitrogens is 4. The van der Waals surface area contributed by atoms with Crippen molar-refractivity contribution < 1.29 is 13.2 Å². The largest absolute Gasteiger partial charge is 0.417 e. The Labute approximate surface area is 185 Å². The van der Waals surface area contributed by atoms with Crippen LogP contribution in [0.1, 0.15) is 23.9 Å². The molecule has 0 aliphatic carbocycles. The van der Waals surface area contributed by atoms with Gasteiger partial charge in [-0.25, -0.2) is 9.78 Å². The summed E-state index contributed by atoms with van der Waals surface area (Å²) in [7, 11) is 0. The number of rotatable bonds is 4. The summed E-state index contributed by atoms with van der Waals surface area (Å²) >= 11 is 5.95. The van der Waals surface area contributed by atoms with Crippen molar-refractivity contribution in [2.24, 2.45) is 0 Å². The molecule has 2 heterocycles. The third-order valence-electron chi connectivity index (χ3n) is 5.30. The first-order chi connectivity index (χ1) is 15.1. The molecule has 0 spiro atoms. The predicted octanol–water partition coefficient (Wildman–Crippen LogP) is 4.40. The Hall–Kier alpha value is -3.33. The maximum Gasteiger partial charge on any atom is 0.417 e. The highest BCUT2D eigenvalue weighted by Gasteiger charge is 2.33. The molecule has 0 saturated carbocycles. The van der Waals surface area contributed by atoms with E-state index in [1.54, 1.807) is 12.1 Å². The maximum absolute atomic E-state index is 13.2. The van der Waals surface area contributed by atoms with E-state index >= 15 is 0 Å². The van der Waals surface area contributed by atoms with Gasteiger partial charge >= 0.3 is 11.9 Å². The van der Waals surface area contributed by atoms with Crippen molar-refractivity contribution in [3.05, 3.63) is 91.5 Å². The van der Waals surface area contributed by atoms with Gasteiger partial charge in [0.25, 0.3) is 5.56 Å². The molecule has 2 aromatic carbocycles. The van der Waals surface area contributed by atoms with E-state index in [1.807, 2.05) is 24.5 Å². The van der Waals surface area contributed by atoms with E-state index < -0.39 is 34.6 Å². The van der Waals surface area contributed by atoms with Crippen LogP contribution >= 0.6 is 11.6 Å². The average molecular weight is 463 g/mol. The molecule has 2 aromatic heterocycles. The van der Waals surface area contributed by atoms with Crippen LogP contribution in [0.15, 0.2) is 58.3 Å². The summed E-state index contributed by atoms with van der Waals surface area (Å²) in [5.74, 6) is 0.830. The molecule has 4 aromatic rings. The van der Waals surface area contributed by atoms with Gasteiger partial charge in [0.1, 0.15) is 5.82 Å². The van der Waals surface area contributed by atoms with Crippen molar-refractivity contribution >= 4 is 22.6 Å². The Morgan fingerprint density at radius 1 is 1.06 bits per heavy atom. The van der Waals surface area contributed by atoms with E-state index in [0.717, 1.165) is 28.5 Å². The number of benzene rings is 2. The summed E-state index contributed by atoms with van der Waals surface area (Å²) in [6, 6.07) is 9.86. The van der Waals surface area contributed by atoms with Gasteiger partial charge in [0, 0.05) is 18.8 Å². The van der Waals surface area contributed by atoms with Gasteiger partial charge in [0.15, 0.2) is 0 Å². The number of halogens is 4. The smallest absolute Gasteiger partial charge is 0.329 e. The molecular weight excluding hydrogens is 445 g/mol. The quantitative estimate of drug-likeness (QED) is 0.451. The lowest BCUT2D eigenvalue weighted by atomic mass is 10.1. The molecule has 0 aliphatic heterocycles. The highest BCUT2D eigenvalue weighted by molar-refractivity contribution is 6.32. The molecule has 0 bridgehead atoms. The van der Waals surface area contributed by atoms with Gasteiger partial charge in [-0.1, -0.05) is 23.7 Å². The lowest BCUT2D eigenvalue weighted by molar-refractivity contribution is -0.137. The molecule has 10 heteroatoms. The minimum atomic E-state index is -4.65. The number of fused-ring (bicyclic) bond motifs is 1. The molecular formula is C22H18ClF3N4O2. The zero-order valence-electron chi connectivity index (χ0n) is 17.2. The topological polar surface area (TPSA) is 61.8 Å². The van der Waals surface area contributed by atoms with Crippen LogP contribution < -0.4 is 11.2 Å². The van der Waals surface area contributed by atoms with Crippen LogP contribution in [0, 0.1) is 6.92 Å². The monoisotopic (exact) mass is 462 g/mol. The van der Waals surface area contributed by atoms with Crippen molar-refractivity contribution in [3.8, 4) is 5.69 Å². The summed E-state index contributed by atoms with van der Waals surface area (Å²) in [6.07, 6.45) is -3.32. The minimum absolute atomic E-state index is 0.0196. The first kappa shape index (κ1) is 21.9. The van der Waals surface area contributed by atoms with Gasteiger partial charge in [0.2, 0.25) is 0 Å². The molecule has 0 fully saturated rings. The van der Waals surface area contributed by atoms with Gasteiger partial charge in [-0.15, -0.1) is 0 Å². The molecule has 0 saturated heterocycles. The molecule has 6 nitrogen and oxygen atoms in total. The molecule has 32 heavy (non-hydrogen) atoms. The Kier molecular flexibility index (Phi) is 5.46. The maximum atomic E-state index is 13.2. The summed E-state index contributed by atoms with van der Waals surface area (Å²) in [6.45, 7) is 4.23. The first-order valence-electron chi connectivity index (χ1n) is 9.76. The van der Waals surface area contributed by atoms with E-state index in [9.17, 15) is 22.8 Å². The van der Waals surface area contributed by atoms with Gasteiger partial charge in [0.05, 0.1) is 33.9 Å². The second-order valence-corrected chi connectivity index (χ2v) is 7.62. The molecule has 0 amide bonds. The summed E-state index contributed by atoms with van der Waals surface area (Å²) in [5.41, 5.74) is -0.270. The van der Waals surface area contributed by atoms with E-state index in [2.05, 4.69) is 4.98 Å². The molecule has 0 N–H and O–H groups in total. The van der Waals surface area contributed by atoms with E-state index in [1.165, 1.54) is 29.0 Å². The molecule has 0 atom stereocenters. The van der Waals surface area contributed by atoms with Gasteiger partial charge < -0.3 is 4.57 Å². The van der Waals surface area contributed by atoms with Crippen molar-refractivity contribution in [1.29, 1.82) is 0 Å². The number of alkyl halides is 3. The SMILES string of the molecule is CCn1c(C)nc2cc(-n3ccc(=O)n(Cc4cccc(C(F)(F)F)c4Cl)c3=O)ccc21. The van der Waals surface area contributed by atoms with Crippen molar-refractivity contribution in [1.82, 2.24) is 18.7 Å². The molecule has 0 unspecified atom stereocenters.